The first-order chi connectivity index (χ1) is 6.29. The van der Waals surface area contributed by atoms with Crippen molar-refractivity contribution in [3.8, 4) is 0 Å². The molecule has 3 N–H and O–H groups in total. The summed E-state index contributed by atoms with van der Waals surface area (Å²) >= 11 is 0. The number of hydrogen-bond donors (Lipinski definition) is 2. The number of nitrogens with one attached hydrogen (secondary N) is 1. The smallest absolute Gasteiger partial charge is 0.114 e. The fourth-order valence-corrected chi connectivity index (χ4v) is 2.05. The van der Waals surface area contributed by atoms with Crippen LogP contribution in [0.2, 0.25) is 0 Å². The molecule has 1 fully saturated rings. The topological polar surface area (TPSA) is 50.4 Å². The van der Waals surface area contributed by atoms with E-state index < -0.39 is 0 Å². The van der Waals surface area contributed by atoms with Crippen LogP contribution >= 0.6 is 0 Å². The van der Waals surface area contributed by atoms with Crippen LogP contribution in [0.15, 0.2) is 4.99 Å². The highest BCUT2D eigenvalue weighted by Gasteiger charge is 2.27. The summed E-state index contributed by atoms with van der Waals surface area (Å²) in [5, 5.41) is 0. The zero-order valence-corrected chi connectivity index (χ0v) is 8.71. The zero-order chi connectivity index (χ0) is 9.68. The van der Waals surface area contributed by atoms with E-state index in [1.54, 1.807) is 0 Å². The van der Waals surface area contributed by atoms with Crippen LogP contribution in [0.3, 0.4) is 0 Å². The Labute approximate surface area is 80.8 Å². The summed E-state index contributed by atoms with van der Waals surface area (Å²) < 4.78 is 0. The Kier molecular flexibility index (Phi) is 4.22. The van der Waals surface area contributed by atoms with Crippen LogP contribution in [0.5, 0.6) is 0 Å². The van der Waals surface area contributed by atoms with Gasteiger partial charge in [0.15, 0.2) is 0 Å². The molecule has 1 saturated carbocycles. The summed E-state index contributed by atoms with van der Waals surface area (Å²) in [7, 11) is 0. The fraction of sp³-hybridized carbons (Fsp3) is 0.900. The monoisotopic (exact) mass is 183 g/mol. The molecule has 0 radical (unpaired) electrons. The third-order valence-electron chi connectivity index (χ3n) is 2.87. The van der Waals surface area contributed by atoms with E-state index in [4.69, 9.17) is 5.84 Å². The van der Waals surface area contributed by atoms with E-state index >= 15 is 0 Å². The van der Waals surface area contributed by atoms with Crippen LogP contribution in [0.25, 0.3) is 0 Å². The van der Waals surface area contributed by atoms with Crippen LogP contribution in [-0.4, -0.2) is 12.4 Å². The third kappa shape index (κ3) is 2.69. The van der Waals surface area contributed by atoms with Crippen LogP contribution in [0.4, 0.5) is 0 Å². The molecule has 1 aliphatic rings. The first kappa shape index (κ1) is 10.5. The van der Waals surface area contributed by atoms with Crippen molar-refractivity contribution in [2.45, 2.75) is 39.5 Å². The summed E-state index contributed by atoms with van der Waals surface area (Å²) in [5.41, 5.74) is 2.76. The normalized spacial score (nSPS) is 29.3. The van der Waals surface area contributed by atoms with Crippen LogP contribution in [0.1, 0.15) is 39.5 Å². The molecule has 0 aromatic rings. The lowest BCUT2D eigenvalue weighted by Gasteiger charge is -2.17. The summed E-state index contributed by atoms with van der Waals surface area (Å²) in [6, 6.07) is 0. The number of amidine groups is 1. The average molecular weight is 183 g/mol. The number of hydrogen-bond acceptors (Lipinski definition) is 2. The van der Waals surface area contributed by atoms with Gasteiger partial charge in [0.05, 0.1) is 0 Å². The van der Waals surface area contributed by atoms with Gasteiger partial charge >= 0.3 is 0 Å². The maximum absolute atomic E-state index is 5.47. The largest absolute Gasteiger partial charge is 0.312 e. The van der Waals surface area contributed by atoms with E-state index in [1.807, 2.05) is 0 Å². The maximum Gasteiger partial charge on any atom is 0.114 e. The van der Waals surface area contributed by atoms with Crippen molar-refractivity contribution < 1.29 is 0 Å². The van der Waals surface area contributed by atoms with Crippen molar-refractivity contribution in [2.24, 2.45) is 22.7 Å². The third-order valence-corrected chi connectivity index (χ3v) is 2.87. The molecule has 0 aromatic heterocycles. The summed E-state index contributed by atoms with van der Waals surface area (Å²) in [4.78, 5) is 4.47. The molecule has 0 saturated heterocycles. The highest BCUT2D eigenvalue weighted by molar-refractivity contribution is 5.84. The number of nitrogens with zero attached hydrogens (tertiary/aromatic N) is 1. The highest BCUT2D eigenvalue weighted by Crippen LogP contribution is 2.31. The van der Waals surface area contributed by atoms with E-state index in [0.717, 1.165) is 24.7 Å². The predicted octanol–water partition coefficient (Wildman–Crippen LogP) is 1.69. The molecule has 0 heterocycles. The van der Waals surface area contributed by atoms with E-state index in [1.165, 1.54) is 19.3 Å². The van der Waals surface area contributed by atoms with Crippen LogP contribution in [0, 0.1) is 11.8 Å². The highest BCUT2D eigenvalue weighted by atomic mass is 15.3. The lowest BCUT2D eigenvalue weighted by atomic mass is 9.97. The fourth-order valence-electron chi connectivity index (χ4n) is 2.05. The van der Waals surface area contributed by atoms with Gasteiger partial charge in [-0.3, -0.25) is 4.99 Å². The second kappa shape index (κ2) is 5.22. The first-order valence-electron chi connectivity index (χ1n) is 5.30. The minimum atomic E-state index is 0.580. The Hall–Kier alpha value is -0.570. The summed E-state index contributed by atoms with van der Waals surface area (Å²) in [6.45, 7) is 5.31. The van der Waals surface area contributed by atoms with Gasteiger partial charge in [-0.1, -0.05) is 20.3 Å². The Morgan fingerprint density at radius 2 is 2.31 bits per heavy atom. The maximum atomic E-state index is 5.47. The second-order valence-corrected chi connectivity index (χ2v) is 3.93. The van der Waals surface area contributed by atoms with Gasteiger partial charge in [-0.05, 0) is 25.2 Å². The van der Waals surface area contributed by atoms with Crippen molar-refractivity contribution in [1.29, 1.82) is 0 Å². The van der Waals surface area contributed by atoms with Gasteiger partial charge in [0.2, 0.25) is 0 Å². The lowest BCUT2D eigenvalue weighted by molar-refractivity contribution is 0.516. The molecule has 3 heteroatoms. The van der Waals surface area contributed by atoms with Gasteiger partial charge in [0.1, 0.15) is 5.84 Å². The van der Waals surface area contributed by atoms with E-state index in [9.17, 15) is 0 Å². The van der Waals surface area contributed by atoms with Crippen LogP contribution in [-0.2, 0) is 0 Å². The molecule has 0 bridgehead atoms. The molecule has 0 amide bonds. The molecule has 3 nitrogen and oxygen atoms in total. The van der Waals surface area contributed by atoms with Gasteiger partial charge in [0, 0.05) is 12.5 Å². The first-order valence-corrected chi connectivity index (χ1v) is 5.30. The minimum Gasteiger partial charge on any atom is -0.312 e. The Bertz CT molecular complexity index is 177. The lowest BCUT2D eigenvalue weighted by Crippen LogP contribution is -2.37. The Morgan fingerprint density at radius 3 is 2.77 bits per heavy atom. The van der Waals surface area contributed by atoms with Crippen molar-refractivity contribution >= 4 is 5.84 Å². The molecule has 0 aromatic carbocycles. The number of rotatable bonds is 3. The van der Waals surface area contributed by atoms with Gasteiger partial charge in [0.25, 0.3) is 0 Å². The summed E-state index contributed by atoms with van der Waals surface area (Å²) in [5.74, 6) is 7.82. The van der Waals surface area contributed by atoms with Crippen molar-refractivity contribution in [2.75, 3.05) is 6.54 Å². The molecular weight excluding hydrogens is 162 g/mol. The molecule has 1 aliphatic carbocycles. The average Bonchev–Trinajstić information content (AvgIpc) is 2.54. The Morgan fingerprint density at radius 1 is 1.54 bits per heavy atom. The van der Waals surface area contributed by atoms with E-state index in [2.05, 4.69) is 24.3 Å². The minimum absolute atomic E-state index is 0.580. The molecule has 13 heavy (non-hydrogen) atoms. The van der Waals surface area contributed by atoms with Gasteiger partial charge < -0.3 is 5.43 Å². The van der Waals surface area contributed by atoms with Crippen molar-refractivity contribution in [3.05, 3.63) is 0 Å². The molecule has 2 unspecified atom stereocenters. The van der Waals surface area contributed by atoms with Gasteiger partial charge in [-0.15, -0.1) is 0 Å². The van der Waals surface area contributed by atoms with Crippen LogP contribution < -0.4 is 11.3 Å². The molecule has 76 valence electrons. The molecule has 0 aliphatic heterocycles. The number of hydrazine groups is 1. The molecule has 0 spiro atoms. The molecule has 1 rings (SSSR count). The molecule has 2 atom stereocenters. The second-order valence-electron chi connectivity index (χ2n) is 3.93. The van der Waals surface area contributed by atoms with E-state index in [-0.39, 0.29) is 0 Å². The Balaban J connectivity index is 2.54. The van der Waals surface area contributed by atoms with Gasteiger partial charge in [-0.2, -0.15) is 0 Å². The standard InChI is InChI=1S/C10H21N3/c1-3-7-12-10(13-11)9-6-4-5-8(9)2/h8-9H,3-7,11H2,1-2H3,(H,12,13). The zero-order valence-electron chi connectivity index (χ0n) is 8.71. The number of nitrogens with two attached hydrogens (primary N) is 1. The predicted molar refractivity (Wildman–Crippen MR) is 56.4 cm³/mol. The van der Waals surface area contributed by atoms with Crippen molar-refractivity contribution in [1.82, 2.24) is 5.43 Å². The SMILES string of the molecule is CCCN=C(NN)C1CCCC1C. The quantitative estimate of drug-likeness (QED) is 0.303. The van der Waals surface area contributed by atoms with Crippen molar-refractivity contribution in [3.63, 3.8) is 0 Å². The molecular formula is C10H21N3. The van der Waals surface area contributed by atoms with E-state index in [0.29, 0.717) is 5.92 Å². The van der Waals surface area contributed by atoms with Gasteiger partial charge in [-0.25, -0.2) is 5.84 Å². The number of aliphatic imine (C=N–C) groups is 1. The summed E-state index contributed by atoms with van der Waals surface area (Å²) in [6.07, 6.45) is 4.97.